The fourth-order valence-corrected chi connectivity index (χ4v) is 5.04. The van der Waals surface area contributed by atoms with Crippen molar-refractivity contribution < 1.29 is 12.9 Å². The van der Waals surface area contributed by atoms with E-state index in [0.717, 1.165) is 11.1 Å². The van der Waals surface area contributed by atoms with Crippen molar-refractivity contribution in [2.45, 2.75) is 37.6 Å². The van der Waals surface area contributed by atoms with Crippen molar-refractivity contribution >= 4 is 10.0 Å². The van der Waals surface area contributed by atoms with Crippen LogP contribution in [0.5, 0.6) is 0 Å². The van der Waals surface area contributed by atoms with Crippen LogP contribution in [0.2, 0.25) is 0 Å². The van der Waals surface area contributed by atoms with Crippen LogP contribution in [0, 0.1) is 0 Å². The van der Waals surface area contributed by atoms with E-state index in [0.29, 0.717) is 49.3 Å². The number of sulfonamides is 1. The van der Waals surface area contributed by atoms with Crippen molar-refractivity contribution in [1.82, 2.24) is 19.3 Å². The van der Waals surface area contributed by atoms with E-state index >= 15 is 0 Å². The van der Waals surface area contributed by atoms with Crippen LogP contribution in [0.4, 0.5) is 0 Å². The van der Waals surface area contributed by atoms with Gasteiger partial charge in [-0.05, 0) is 35.2 Å². The van der Waals surface area contributed by atoms with Gasteiger partial charge < -0.3 is 4.52 Å². The molecular weight excluding hydrogens is 412 g/mol. The van der Waals surface area contributed by atoms with Crippen LogP contribution in [-0.4, -0.2) is 53.9 Å². The van der Waals surface area contributed by atoms with Gasteiger partial charge in [0.05, 0.1) is 11.4 Å². The molecule has 0 unspecified atom stereocenters. The highest BCUT2D eigenvalue weighted by Gasteiger charge is 2.29. The van der Waals surface area contributed by atoms with E-state index in [4.69, 9.17) is 4.52 Å². The molecule has 31 heavy (non-hydrogen) atoms. The first-order chi connectivity index (χ1) is 14.7. The van der Waals surface area contributed by atoms with Crippen molar-refractivity contribution in [1.29, 1.82) is 0 Å². The van der Waals surface area contributed by atoms with Gasteiger partial charge in [0.15, 0.2) is 5.82 Å². The summed E-state index contributed by atoms with van der Waals surface area (Å²) in [5.41, 5.74) is 1.99. The fraction of sp³-hybridized carbons (Fsp3) is 0.391. The second-order valence-corrected chi connectivity index (χ2v) is 10.8. The molecule has 164 valence electrons. The molecule has 2 heterocycles. The number of hydrogen-bond acceptors (Lipinski definition) is 6. The minimum Gasteiger partial charge on any atom is -0.334 e. The van der Waals surface area contributed by atoms with Gasteiger partial charge in [-0.25, -0.2) is 8.42 Å². The Labute approximate surface area is 183 Å². The highest BCUT2D eigenvalue weighted by atomic mass is 32.2. The topological polar surface area (TPSA) is 79.5 Å². The highest BCUT2D eigenvalue weighted by Crippen LogP contribution is 2.25. The van der Waals surface area contributed by atoms with Gasteiger partial charge >= 0.3 is 0 Å². The van der Waals surface area contributed by atoms with Gasteiger partial charge in [-0.2, -0.15) is 9.29 Å². The van der Waals surface area contributed by atoms with Gasteiger partial charge in [0.1, 0.15) is 0 Å². The van der Waals surface area contributed by atoms with E-state index in [9.17, 15) is 8.42 Å². The molecule has 1 fully saturated rings. The van der Waals surface area contributed by atoms with E-state index in [-0.39, 0.29) is 5.41 Å². The molecule has 0 bridgehead atoms. The van der Waals surface area contributed by atoms with Gasteiger partial charge in [0, 0.05) is 31.7 Å². The minimum absolute atomic E-state index is 0.0105. The summed E-state index contributed by atoms with van der Waals surface area (Å²) in [6.45, 7) is 8.99. The van der Waals surface area contributed by atoms with Crippen LogP contribution in [0.3, 0.4) is 0 Å². The van der Waals surface area contributed by atoms with Crippen LogP contribution in [0.25, 0.3) is 11.5 Å². The van der Waals surface area contributed by atoms with Gasteiger partial charge in [0.2, 0.25) is 10.0 Å². The van der Waals surface area contributed by atoms with Crippen molar-refractivity contribution in [2.24, 2.45) is 0 Å². The molecule has 7 nitrogen and oxygen atoms in total. The fourth-order valence-electron chi connectivity index (χ4n) is 3.62. The Bertz CT molecular complexity index is 1110. The third-order valence-electron chi connectivity index (χ3n) is 5.54. The molecule has 1 saturated heterocycles. The molecule has 1 aromatic heterocycles. The van der Waals surface area contributed by atoms with Gasteiger partial charge in [-0.1, -0.05) is 56.3 Å². The third kappa shape index (κ3) is 4.87. The predicted molar refractivity (Wildman–Crippen MR) is 119 cm³/mol. The molecule has 0 aliphatic carbocycles. The molecule has 3 aromatic rings. The Hall–Kier alpha value is -2.55. The van der Waals surface area contributed by atoms with Gasteiger partial charge in [-0.3, -0.25) is 4.90 Å². The van der Waals surface area contributed by atoms with Crippen LogP contribution in [-0.2, 0) is 22.0 Å². The van der Waals surface area contributed by atoms with E-state index in [1.807, 2.05) is 42.5 Å². The molecule has 4 rings (SSSR count). The summed E-state index contributed by atoms with van der Waals surface area (Å²) in [6, 6.07) is 16.9. The molecule has 0 N–H and O–H groups in total. The zero-order valence-corrected chi connectivity index (χ0v) is 19.0. The quantitative estimate of drug-likeness (QED) is 0.604. The lowest BCUT2D eigenvalue weighted by atomic mass is 9.87. The standard InChI is InChI=1S/C23H28N4O3S/c1-23(2,3)19-9-11-20(12-10-19)31(28,29)27-15-13-26(14-16-27)17-21-24-22(30-25-21)18-7-5-4-6-8-18/h4-12H,13-17H2,1-3H3. The zero-order valence-electron chi connectivity index (χ0n) is 18.2. The Morgan fingerprint density at radius 1 is 0.935 bits per heavy atom. The summed E-state index contributed by atoms with van der Waals surface area (Å²) in [5.74, 6) is 1.10. The van der Waals surface area contributed by atoms with Crippen molar-refractivity contribution in [3.8, 4) is 11.5 Å². The van der Waals surface area contributed by atoms with Crippen LogP contribution in [0.1, 0.15) is 32.2 Å². The number of rotatable bonds is 5. The molecule has 0 amide bonds. The average Bonchev–Trinajstić information content (AvgIpc) is 3.23. The molecule has 0 spiro atoms. The van der Waals surface area contributed by atoms with Gasteiger partial charge in [0.25, 0.3) is 5.89 Å². The summed E-state index contributed by atoms with van der Waals surface area (Å²) in [4.78, 5) is 6.96. The maximum atomic E-state index is 13.0. The molecule has 2 aromatic carbocycles. The lowest BCUT2D eigenvalue weighted by Gasteiger charge is -2.33. The Kier molecular flexibility index (Phi) is 5.96. The SMILES string of the molecule is CC(C)(C)c1ccc(S(=O)(=O)N2CCN(Cc3noc(-c4ccccc4)n3)CC2)cc1. The first-order valence-corrected chi connectivity index (χ1v) is 11.9. The largest absolute Gasteiger partial charge is 0.334 e. The smallest absolute Gasteiger partial charge is 0.257 e. The normalized spacial score (nSPS) is 16.5. The number of nitrogens with zero attached hydrogens (tertiary/aromatic N) is 4. The summed E-state index contributed by atoms with van der Waals surface area (Å²) in [7, 11) is -3.50. The van der Waals surface area contributed by atoms with Crippen LogP contribution >= 0.6 is 0 Å². The maximum Gasteiger partial charge on any atom is 0.257 e. The Balaban J connectivity index is 1.37. The second kappa shape index (κ2) is 8.53. The Morgan fingerprint density at radius 2 is 1.58 bits per heavy atom. The zero-order chi connectivity index (χ0) is 22.1. The van der Waals surface area contributed by atoms with Gasteiger partial charge in [-0.15, -0.1) is 0 Å². The molecule has 0 saturated carbocycles. The monoisotopic (exact) mass is 440 g/mol. The lowest BCUT2D eigenvalue weighted by molar-refractivity contribution is 0.176. The van der Waals surface area contributed by atoms with E-state index in [2.05, 4.69) is 35.8 Å². The molecular formula is C23H28N4O3S. The minimum atomic E-state index is -3.50. The van der Waals surface area contributed by atoms with E-state index < -0.39 is 10.0 Å². The van der Waals surface area contributed by atoms with E-state index in [1.54, 1.807) is 16.4 Å². The van der Waals surface area contributed by atoms with Crippen LogP contribution in [0.15, 0.2) is 64.0 Å². The summed E-state index contributed by atoms with van der Waals surface area (Å²) in [5, 5.41) is 4.07. The molecule has 1 aliphatic rings. The number of piperazine rings is 1. The lowest BCUT2D eigenvalue weighted by Crippen LogP contribution is -2.48. The number of aromatic nitrogens is 2. The average molecular weight is 441 g/mol. The molecule has 0 radical (unpaired) electrons. The Morgan fingerprint density at radius 3 is 2.19 bits per heavy atom. The highest BCUT2D eigenvalue weighted by molar-refractivity contribution is 7.89. The first-order valence-electron chi connectivity index (χ1n) is 10.4. The molecule has 0 atom stereocenters. The second-order valence-electron chi connectivity index (χ2n) is 8.84. The van der Waals surface area contributed by atoms with E-state index in [1.165, 1.54) is 0 Å². The summed E-state index contributed by atoms with van der Waals surface area (Å²) in [6.07, 6.45) is 0. The van der Waals surface area contributed by atoms with Crippen LogP contribution < -0.4 is 0 Å². The number of benzene rings is 2. The van der Waals surface area contributed by atoms with Crippen molar-refractivity contribution in [2.75, 3.05) is 26.2 Å². The molecule has 1 aliphatic heterocycles. The summed E-state index contributed by atoms with van der Waals surface area (Å²) >= 11 is 0. The van der Waals surface area contributed by atoms with Crippen molar-refractivity contribution in [3.05, 3.63) is 66.0 Å². The van der Waals surface area contributed by atoms with Crippen molar-refractivity contribution in [3.63, 3.8) is 0 Å². The maximum absolute atomic E-state index is 13.0. The number of hydrogen-bond donors (Lipinski definition) is 0. The first kappa shape index (κ1) is 21.7. The third-order valence-corrected chi connectivity index (χ3v) is 7.46. The predicted octanol–water partition coefficient (Wildman–Crippen LogP) is 3.54. The molecule has 8 heteroatoms. The summed E-state index contributed by atoms with van der Waals surface area (Å²) < 4.78 is 33.0.